The largest absolute Gasteiger partial charge is 0.341 e. The van der Waals surface area contributed by atoms with E-state index in [2.05, 4.69) is 30.1 Å². The molecule has 0 spiro atoms. The molecular formula is C23H27N9O2. The molecule has 0 radical (unpaired) electrons. The standard InChI is InChI=1S/C23H27N9O2/c1-29-19-3-2-17(12-24)28-20(19)32(22(34)21(29)33)18-4-8-31(9-5-18)23-26-13-16(14-27-23)15-30-10-6-25-7-11-30/h2-3,13-14,18,25H,4-11,15H2,1H3. The minimum Gasteiger partial charge on any atom is -0.341 e. The molecule has 11 nitrogen and oxygen atoms in total. The van der Waals surface area contributed by atoms with E-state index in [4.69, 9.17) is 0 Å². The number of piperidine rings is 1. The summed E-state index contributed by atoms with van der Waals surface area (Å²) < 4.78 is 2.78. The molecule has 176 valence electrons. The van der Waals surface area contributed by atoms with Gasteiger partial charge in [0, 0.05) is 76.9 Å². The fourth-order valence-corrected chi connectivity index (χ4v) is 4.78. The lowest BCUT2D eigenvalue weighted by Crippen LogP contribution is -2.45. The molecule has 0 aliphatic carbocycles. The summed E-state index contributed by atoms with van der Waals surface area (Å²) in [6.45, 7) is 6.22. The van der Waals surface area contributed by atoms with Crippen molar-refractivity contribution in [3.63, 3.8) is 0 Å². The zero-order valence-corrected chi connectivity index (χ0v) is 19.1. The molecule has 0 bridgehead atoms. The Morgan fingerprint density at radius 1 is 1.06 bits per heavy atom. The lowest BCUT2D eigenvalue weighted by molar-refractivity contribution is 0.233. The minimum absolute atomic E-state index is 0.187. The summed E-state index contributed by atoms with van der Waals surface area (Å²) in [5.41, 5.74) is 1.02. The number of nitrogens with zero attached hydrogens (tertiary/aromatic N) is 8. The zero-order chi connectivity index (χ0) is 23.7. The maximum Gasteiger partial charge on any atom is 0.318 e. The van der Waals surface area contributed by atoms with E-state index in [9.17, 15) is 14.9 Å². The number of fused-ring (bicyclic) bond motifs is 1. The third kappa shape index (κ3) is 4.18. The molecule has 0 saturated carbocycles. The van der Waals surface area contributed by atoms with E-state index in [-0.39, 0.29) is 11.7 Å². The number of pyridine rings is 1. The fourth-order valence-electron chi connectivity index (χ4n) is 4.78. The smallest absolute Gasteiger partial charge is 0.318 e. The van der Waals surface area contributed by atoms with Crippen LogP contribution in [0, 0.1) is 11.3 Å². The highest BCUT2D eigenvalue weighted by Gasteiger charge is 2.26. The Bertz CT molecular complexity index is 1340. The topological polar surface area (TPSA) is 125 Å². The lowest BCUT2D eigenvalue weighted by atomic mass is 10.0. The molecule has 0 aromatic carbocycles. The van der Waals surface area contributed by atoms with Crippen LogP contribution in [0.5, 0.6) is 0 Å². The van der Waals surface area contributed by atoms with Crippen molar-refractivity contribution in [3.8, 4) is 6.07 Å². The molecular weight excluding hydrogens is 434 g/mol. The van der Waals surface area contributed by atoms with E-state index < -0.39 is 11.1 Å². The summed E-state index contributed by atoms with van der Waals surface area (Å²) in [6, 6.07) is 5.06. The first-order chi connectivity index (χ1) is 16.5. The monoisotopic (exact) mass is 461 g/mol. The van der Waals surface area contributed by atoms with E-state index in [0.717, 1.165) is 38.3 Å². The Kier molecular flexibility index (Phi) is 6.08. The fraction of sp³-hybridized carbons (Fsp3) is 0.478. The van der Waals surface area contributed by atoms with Crippen LogP contribution in [0.15, 0.2) is 34.1 Å². The maximum atomic E-state index is 12.9. The summed E-state index contributed by atoms with van der Waals surface area (Å²) in [5.74, 6) is 0.675. The van der Waals surface area contributed by atoms with Gasteiger partial charge in [-0.1, -0.05) is 0 Å². The number of hydrogen-bond donors (Lipinski definition) is 1. The number of aromatic nitrogens is 5. The molecule has 11 heteroatoms. The number of aryl methyl sites for hydroxylation is 1. The highest BCUT2D eigenvalue weighted by atomic mass is 16.2. The van der Waals surface area contributed by atoms with Crippen molar-refractivity contribution in [3.05, 3.63) is 56.5 Å². The van der Waals surface area contributed by atoms with Gasteiger partial charge in [0.15, 0.2) is 5.65 Å². The van der Waals surface area contributed by atoms with Crippen LogP contribution < -0.4 is 21.3 Å². The minimum atomic E-state index is -0.607. The van der Waals surface area contributed by atoms with Crippen LogP contribution in [-0.4, -0.2) is 68.3 Å². The SMILES string of the molecule is Cn1c(=O)c(=O)n(C2CCN(c3ncc(CN4CCNCC4)cn3)CC2)c2nc(C#N)ccc21. The Morgan fingerprint density at radius 2 is 1.76 bits per heavy atom. The van der Waals surface area contributed by atoms with E-state index >= 15 is 0 Å². The maximum absolute atomic E-state index is 12.9. The van der Waals surface area contributed by atoms with Crippen LogP contribution >= 0.6 is 0 Å². The van der Waals surface area contributed by atoms with Gasteiger partial charge in [-0.2, -0.15) is 5.26 Å². The first-order valence-electron chi connectivity index (χ1n) is 11.6. The van der Waals surface area contributed by atoms with Crippen LogP contribution in [0.25, 0.3) is 11.2 Å². The molecule has 34 heavy (non-hydrogen) atoms. The van der Waals surface area contributed by atoms with Gasteiger partial charge in [-0.05, 0) is 25.0 Å². The van der Waals surface area contributed by atoms with Crippen molar-refractivity contribution < 1.29 is 0 Å². The van der Waals surface area contributed by atoms with Crippen LogP contribution in [0.3, 0.4) is 0 Å². The number of rotatable bonds is 4. The van der Waals surface area contributed by atoms with E-state index in [1.807, 2.05) is 18.5 Å². The van der Waals surface area contributed by atoms with Gasteiger partial charge in [-0.3, -0.25) is 19.1 Å². The third-order valence-corrected chi connectivity index (χ3v) is 6.68. The zero-order valence-electron chi connectivity index (χ0n) is 19.1. The summed E-state index contributed by atoms with van der Waals surface area (Å²) in [5, 5.41) is 12.6. The summed E-state index contributed by atoms with van der Waals surface area (Å²) >= 11 is 0. The quantitative estimate of drug-likeness (QED) is 0.535. The predicted octanol–water partition coefficient (Wildman–Crippen LogP) is 0.00358. The molecule has 5 rings (SSSR count). The van der Waals surface area contributed by atoms with Crippen LogP contribution in [0.4, 0.5) is 5.95 Å². The van der Waals surface area contributed by atoms with E-state index in [1.165, 1.54) is 9.13 Å². The van der Waals surface area contributed by atoms with Crippen LogP contribution in [0.2, 0.25) is 0 Å². The Balaban J connectivity index is 1.33. The molecule has 2 aliphatic rings. The molecule has 3 aromatic heterocycles. The Hall–Kier alpha value is -3.62. The van der Waals surface area contributed by atoms with Crippen molar-refractivity contribution in [2.45, 2.75) is 25.4 Å². The number of piperazine rings is 1. The van der Waals surface area contributed by atoms with Crippen LogP contribution in [-0.2, 0) is 13.6 Å². The molecule has 2 aliphatic heterocycles. The molecule has 0 atom stereocenters. The van der Waals surface area contributed by atoms with Crippen molar-refractivity contribution in [2.75, 3.05) is 44.2 Å². The lowest BCUT2D eigenvalue weighted by Gasteiger charge is -2.33. The van der Waals surface area contributed by atoms with Gasteiger partial charge >= 0.3 is 11.1 Å². The summed E-state index contributed by atoms with van der Waals surface area (Å²) in [4.78, 5) is 43.5. The Morgan fingerprint density at radius 3 is 2.44 bits per heavy atom. The first kappa shape index (κ1) is 22.2. The summed E-state index contributed by atoms with van der Waals surface area (Å²) in [6.07, 6.45) is 5.07. The van der Waals surface area contributed by atoms with Gasteiger partial charge in [0.25, 0.3) is 0 Å². The average molecular weight is 462 g/mol. The number of anilines is 1. The predicted molar refractivity (Wildman–Crippen MR) is 127 cm³/mol. The number of nitriles is 1. The first-order valence-corrected chi connectivity index (χ1v) is 11.6. The molecule has 2 fully saturated rings. The highest BCUT2D eigenvalue weighted by molar-refractivity contribution is 5.71. The Labute approximate surface area is 196 Å². The van der Waals surface area contributed by atoms with Crippen molar-refractivity contribution in [1.29, 1.82) is 5.26 Å². The van der Waals surface area contributed by atoms with Gasteiger partial charge in [0.05, 0.1) is 5.52 Å². The highest BCUT2D eigenvalue weighted by Crippen LogP contribution is 2.25. The molecule has 2 saturated heterocycles. The molecule has 0 unspecified atom stereocenters. The molecule has 1 N–H and O–H groups in total. The molecule has 0 amide bonds. The third-order valence-electron chi connectivity index (χ3n) is 6.68. The normalized spacial score (nSPS) is 17.7. The van der Waals surface area contributed by atoms with E-state index in [0.29, 0.717) is 43.0 Å². The molecule has 3 aromatic rings. The van der Waals surface area contributed by atoms with Crippen LogP contribution in [0.1, 0.15) is 30.1 Å². The van der Waals surface area contributed by atoms with Gasteiger partial charge in [0.2, 0.25) is 5.95 Å². The van der Waals surface area contributed by atoms with Gasteiger partial charge < -0.3 is 14.8 Å². The second-order valence-corrected chi connectivity index (χ2v) is 8.83. The number of hydrogen-bond acceptors (Lipinski definition) is 9. The van der Waals surface area contributed by atoms with E-state index in [1.54, 1.807) is 19.2 Å². The van der Waals surface area contributed by atoms with Crippen molar-refractivity contribution in [1.82, 2.24) is 34.3 Å². The average Bonchev–Trinajstić information content (AvgIpc) is 2.89. The second kappa shape index (κ2) is 9.32. The van der Waals surface area contributed by atoms with Crippen molar-refractivity contribution in [2.24, 2.45) is 7.05 Å². The summed E-state index contributed by atoms with van der Waals surface area (Å²) in [7, 11) is 1.55. The van der Waals surface area contributed by atoms with Gasteiger partial charge in [-0.15, -0.1) is 0 Å². The van der Waals surface area contributed by atoms with Crippen molar-refractivity contribution >= 4 is 17.1 Å². The molecule has 5 heterocycles. The second-order valence-electron chi connectivity index (χ2n) is 8.83. The van der Waals surface area contributed by atoms with Gasteiger partial charge in [-0.25, -0.2) is 15.0 Å². The number of nitrogens with one attached hydrogen (secondary N) is 1. The van der Waals surface area contributed by atoms with Gasteiger partial charge in [0.1, 0.15) is 11.8 Å².